The molecule has 0 bridgehead atoms. The molecule has 0 saturated carbocycles. The smallest absolute Gasteiger partial charge is 0.418 e. The number of nitrogens with one attached hydrogen (secondary N) is 2. The minimum Gasteiger partial charge on any atom is -0.459 e. The van der Waals surface area contributed by atoms with E-state index in [9.17, 15) is 22.8 Å². The Balaban J connectivity index is 2.16. The minimum absolute atomic E-state index is 0.0214. The number of benzene rings is 1. The normalized spacial score (nSPS) is 11.2. The van der Waals surface area contributed by atoms with Gasteiger partial charge in [-0.25, -0.2) is 0 Å². The molecule has 0 aliphatic heterocycles. The topological polar surface area (TPSA) is 71.3 Å². The van der Waals surface area contributed by atoms with Crippen molar-refractivity contribution in [3.8, 4) is 0 Å². The lowest BCUT2D eigenvalue weighted by Gasteiger charge is -2.15. The highest BCUT2D eigenvalue weighted by molar-refractivity contribution is 6.02. The van der Waals surface area contributed by atoms with Crippen LogP contribution in [-0.2, 0) is 11.0 Å². The van der Waals surface area contributed by atoms with Crippen LogP contribution in [-0.4, -0.2) is 11.8 Å². The highest BCUT2D eigenvalue weighted by Crippen LogP contribution is 2.36. The van der Waals surface area contributed by atoms with Gasteiger partial charge in [-0.1, -0.05) is 19.8 Å². The van der Waals surface area contributed by atoms with Gasteiger partial charge in [0.05, 0.1) is 17.5 Å². The molecular formula is C18H19F3N2O3. The molecule has 2 rings (SSSR count). The van der Waals surface area contributed by atoms with Crippen molar-refractivity contribution in [2.75, 3.05) is 10.6 Å². The number of anilines is 2. The molecule has 1 aromatic carbocycles. The fourth-order valence-corrected chi connectivity index (χ4v) is 2.31. The first-order chi connectivity index (χ1) is 12.3. The van der Waals surface area contributed by atoms with Crippen LogP contribution in [0.2, 0.25) is 0 Å². The molecule has 8 heteroatoms. The zero-order valence-electron chi connectivity index (χ0n) is 14.2. The number of unbranched alkanes of at least 4 members (excludes halogenated alkanes) is 2. The molecule has 5 nitrogen and oxygen atoms in total. The van der Waals surface area contributed by atoms with E-state index < -0.39 is 23.6 Å². The van der Waals surface area contributed by atoms with Gasteiger partial charge >= 0.3 is 6.18 Å². The fourth-order valence-electron chi connectivity index (χ4n) is 2.31. The molecule has 0 aliphatic carbocycles. The summed E-state index contributed by atoms with van der Waals surface area (Å²) in [5.74, 6) is -1.16. The van der Waals surface area contributed by atoms with Crippen LogP contribution < -0.4 is 10.6 Å². The Hall–Kier alpha value is -2.77. The first-order valence-corrected chi connectivity index (χ1v) is 8.17. The van der Waals surface area contributed by atoms with E-state index in [1.165, 1.54) is 24.5 Å². The molecule has 0 atom stereocenters. The van der Waals surface area contributed by atoms with Crippen molar-refractivity contribution in [2.45, 2.75) is 38.8 Å². The van der Waals surface area contributed by atoms with E-state index in [2.05, 4.69) is 10.6 Å². The number of rotatable bonds is 7. The van der Waals surface area contributed by atoms with Crippen LogP contribution in [0.4, 0.5) is 24.5 Å². The van der Waals surface area contributed by atoms with E-state index in [4.69, 9.17) is 4.42 Å². The average Bonchev–Trinajstić information content (AvgIpc) is 3.10. The summed E-state index contributed by atoms with van der Waals surface area (Å²) in [6.07, 6.45) is -0.893. The summed E-state index contributed by atoms with van der Waals surface area (Å²) >= 11 is 0. The maximum atomic E-state index is 13.3. The maximum Gasteiger partial charge on any atom is 0.418 e. The average molecular weight is 368 g/mol. The van der Waals surface area contributed by atoms with Crippen LogP contribution in [0.25, 0.3) is 0 Å². The number of hydrogen-bond acceptors (Lipinski definition) is 3. The largest absolute Gasteiger partial charge is 0.459 e. The highest BCUT2D eigenvalue weighted by Gasteiger charge is 2.34. The maximum absolute atomic E-state index is 13.3. The predicted octanol–water partition coefficient (Wildman–Crippen LogP) is 5.07. The van der Waals surface area contributed by atoms with Crippen LogP contribution >= 0.6 is 0 Å². The van der Waals surface area contributed by atoms with Crippen LogP contribution in [0.3, 0.4) is 0 Å². The molecule has 0 unspecified atom stereocenters. The van der Waals surface area contributed by atoms with Crippen LogP contribution in [0.5, 0.6) is 0 Å². The second kappa shape index (κ2) is 8.55. The zero-order valence-corrected chi connectivity index (χ0v) is 14.2. The Kier molecular flexibility index (Phi) is 6.43. The number of carbonyl (C=O) groups excluding carboxylic acids is 2. The third-order valence-corrected chi connectivity index (χ3v) is 3.61. The quantitative estimate of drug-likeness (QED) is 0.670. The molecule has 0 fully saturated rings. The number of amides is 2. The van der Waals surface area contributed by atoms with Crippen LogP contribution in [0.15, 0.2) is 41.0 Å². The summed E-state index contributed by atoms with van der Waals surface area (Å²) in [7, 11) is 0. The number of alkyl halides is 3. The lowest BCUT2D eigenvalue weighted by molar-refractivity contribution is -0.136. The standard InChI is InChI=1S/C18H19F3N2O3/c1-2-3-4-7-16(24)23-14-9-8-12(11-13(14)18(19,20)21)22-17(25)15-6-5-10-26-15/h5-6,8-11H,2-4,7H2,1H3,(H,22,25)(H,23,24). The van der Waals surface area contributed by atoms with Gasteiger partial charge in [0.25, 0.3) is 5.91 Å². The van der Waals surface area contributed by atoms with Gasteiger partial charge in [0.2, 0.25) is 5.91 Å². The first-order valence-electron chi connectivity index (χ1n) is 8.17. The molecule has 0 radical (unpaired) electrons. The van der Waals surface area contributed by atoms with Gasteiger partial charge in [0.1, 0.15) is 0 Å². The van der Waals surface area contributed by atoms with E-state index in [0.717, 1.165) is 25.0 Å². The summed E-state index contributed by atoms with van der Waals surface area (Å²) < 4.78 is 44.8. The lowest BCUT2D eigenvalue weighted by atomic mass is 10.1. The molecule has 2 aromatic rings. The lowest BCUT2D eigenvalue weighted by Crippen LogP contribution is -2.17. The molecule has 2 amide bonds. The number of furan rings is 1. The van der Waals surface area contributed by atoms with Crippen molar-refractivity contribution in [3.05, 3.63) is 47.9 Å². The Labute approximate surface area is 148 Å². The van der Waals surface area contributed by atoms with Gasteiger partial charge < -0.3 is 15.1 Å². The summed E-state index contributed by atoms with van der Waals surface area (Å²) in [4.78, 5) is 23.7. The van der Waals surface area contributed by atoms with Gasteiger partial charge in [-0.15, -0.1) is 0 Å². The molecule has 0 saturated heterocycles. The molecule has 1 aromatic heterocycles. The Bertz CT molecular complexity index is 756. The number of hydrogen-bond donors (Lipinski definition) is 2. The fraction of sp³-hybridized carbons (Fsp3) is 0.333. The summed E-state index contributed by atoms with van der Waals surface area (Å²) in [5, 5.41) is 4.63. The third kappa shape index (κ3) is 5.37. The van der Waals surface area contributed by atoms with E-state index in [-0.39, 0.29) is 23.6 Å². The summed E-state index contributed by atoms with van der Waals surface area (Å²) in [6, 6.07) is 6.08. The third-order valence-electron chi connectivity index (χ3n) is 3.61. The van der Waals surface area contributed by atoms with Gasteiger partial charge in [0.15, 0.2) is 5.76 Å². The molecule has 0 aliphatic rings. The van der Waals surface area contributed by atoms with E-state index >= 15 is 0 Å². The molecule has 1 heterocycles. The Morgan fingerprint density at radius 2 is 1.88 bits per heavy atom. The van der Waals surface area contributed by atoms with E-state index in [1.54, 1.807) is 0 Å². The van der Waals surface area contributed by atoms with Crippen molar-refractivity contribution < 1.29 is 27.2 Å². The molecule has 26 heavy (non-hydrogen) atoms. The van der Waals surface area contributed by atoms with Crippen molar-refractivity contribution in [3.63, 3.8) is 0 Å². The molecule has 0 spiro atoms. The van der Waals surface area contributed by atoms with Crippen molar-refractivity contribution in [2.24, 2.45) is 0 Å². The van der Waals surface area contributed by atoms with Crippen molar-refractivity contribution in [1.29, 1.82) is 0 Å². The second-order valence-electron chi connectivity index (χ2n) is 5.69. The Morgan fingerprint density at radius 3 is 2.50 bits per heavy atom. The second-order valence-corrected chi connectivity index (χ2v) is 5.69. The number of halogens is 3. The SMILES string of the molecule is CCCCCC(=O)Nc1ccc(NC(=O)c2ccco2)cc1C(F)(F)F. The highest BCUT2D eigenvalue weighted by atomic mass is 19.4. The zero-order chi connectivity index (χ0) is 19.2. The Morgan fingerprint density at radius 1 is 1.12 bits per heavy atom. The number of carbonyl (C=O) groups is 2. The van der Waals surface area contributed by atoms with Crippen molar-refractivity contribution >= 4 is 23.2 Å². The molecule has 2 N–H and O–H groups in total. The summed E-state index contributed by atoms with van der Waals surface area (Å²) in [6.45, 7) is 1.97. The van der Waals surface area contributed by atoms with Gasteiger partial charge in [-0.2, -0.15) is 13.2 Å². The first kappa shape index (κ1) is 19.6. The van der Waals surface area contributed by atoms with Crippen molar-refractivity contribution in [1.82, 2.24) is 0 Å². The van der Waals surface area contributed by atoms with Crippen LogP contribution in [0.1, 0.15) is 48.7 Å². The van der Waals surface area contributed by atoms with E-state index in [1.807, 2.05) is 6.92 Å². The van der Waals surface area contributed by atoms with Gasteiger partial charge in [-0.05, 0) is 36.8 Å². The van der Waals surface area contributed by atoms with E-state index in [0.29, 0.717) is 6.42 Å². The van der Waals surface area contributed by atoms with Gasteiger partial charge in [0, 0.05) is 12.1 Å². The minimum atomic E-state index is -4.68. The predicted molar refractivity (Wildman–Crippen MR) is 90.9 cm³/mol. The molecular weight excluding hydrogens is 349 g/mol. The van der Waals surface area contributed by atoms with Crippen LogP contribution in [0, 0.1) is 0 Å². The molecule has 140 valence electrons. The monoisotopic (exact) mass is 368 g/mol. The summed E-state index contributed by atoms with van der Waals surface area (Å²) in [5.41, 5.74) is -1.42. The van der Waals surface area contributed by atoms with Gasteiger partial charge in [-0.3, -0.25) is 9.59 Å².